The van der Waals surface area contributed by atoms with E-state index < -0.39 is 5.97 Å². The zero-order chi connectivity index (χ0) is 3.58. The number of rotatable bonds is 0. The van der Waals surface area contributed by atoms with Crippen LogP contribution in [0.1, 0.15) is 6.92 Å². The summed E-state index contributed by atoms with van der Waals surface area (Å²) in [6.45, 7) is 1.08. The van der Waals surface area contributed by atoms with Crippen molar-refractivity contribution in [3.8, 4) is 0 Å². The van der Waals surface area contributed by atoms with Gasteiger partial charge in [-0.1, -0.05) is 0 Å². The Hall–Kier alpha value is 1.04. The van der Waals surface area contributed by atoms with Crippen LogP contribution in [0.2, 0.25) is 0 Å². The summed E-state index contributed by atoms with van der Waals surface area (Å²) < 4.78 is 0. The van der Waals surface area contributed by atoms with E-state index in [1.807, 2.05) is 0 Å². The summed E-state index contributed by atoms with van der Waals surface area (Å²) in [7, 11) is 0. The third-order valence-electron chi connectivity index (χ3n) is 0. The Labute approximate surface area is 70.6 Å². The molecule has 0 bridgehead atoms. The molecular weight excluding hydrogens is 187 g/mol. The number of hydrogen-bond acceptors (Lipinski definition) is 1. The minimum Gasteiger partial charge on any atom is -0.481 e. The minimum atomic E-state index is -0.833. The first kappa shape index (κ1) is 9.40. The number of carbonyl (C=O) groups is 1. The predicted molar refractivity (Wildman–Crippen MR) is 13.3 cm³/mol. The van der Waals surface area contributed by atoms with E-state index in [9.17, 15) is 0 Å². The van der Waals surface area contributed by atoms with Gasteiger partial charge in [-0.3, -0.25) is 4.79 Å². The molecule has 0 saturated heterocycles. The largest absolute Gasteiger partial charge is 0.481 e. The van der Waals surface area contributed by atoms with Gasteiger partial charge in [-0.2, -0.15) is 0 Å². The zero-order valence-corrected chi connectivity index (χ0v) is 4.73. The summed E-state index contributed by atoms with van der Waals surface area (Å²) in [4.78, 5) is 9.00. The Morgan fingerprint density at radius 1 is 1.80 bits per heavy atom. The van der Waals surface area contributed by atoms with Crippen LogP contribution in [-0.4, -0.2) is 11.1 Å². The van der Waals surface area contributed by atoms with Crippen molar-refractivity contribution in [2.24, 2.45) is 0 Å². The second kappa shape index (κ2) is 5.04. The van der Waals surface area contributed by atoms with Gasteiger partial charge < -0.3 is 5.11 Å². The van der Waals surface area contributed by atoms with Gasteiger partial charge >= 0.3 is 0 Å². The third-order valence-corrected chi connectivity index (χ3v) is 0. The standard InChI is InChI=1S/C2H4O2.Xe/c1-2(3)4;/h1H3,(H,3,4);. The van der Waals surface area contributed by atoms with Crippen molar-refractivity contribution >= 4 is 5.97 Å². The molecule has 0 aromatic rings. The molecule has 0 fully saturated rings. The fraction of sp³-hybridized carbons (Fsp3) is 0.500. The van der Waals surface area contributed by atoms with Gasteiger partial charge in [0.15, 0.2) is 0 Å². The molecule has 0 rings (SSSR count). The van der Waals surface area contributed by atoms with E-state index in [0.29, 0.717) is 0 Å². The van der Waals surface area contributed by atoms with Crippen LogP contribution < -0.4 is 0 Å². The summed E-state index contributed by atoms with van der Waals surface area (Å²) >= 11 is 0. The molecule has 0 spiro atoms. The van der Waals surface area contributed by atoms with Gasteiger partial charge in [-0.25, -0.2) is 0 Å². The van der Waals surface area contributed by atoms with Crippen LogP contribution in [-0.2, 0) is 4.79 Å². The van der Waals surface area contributed by atoms with Crippen molar-refractivity contribution in [2.75, 3.05) is 0 Å². The van der Waals surface area contributed by atoms with Crippen LogP contribution in [0.15, 0.2) is 0 Å². The molecule has 5 heavy (non-hydrogen) atoms. The average Bonchev–Trinajstić information content (AvgIpc) is 0.811. The first-order valence-corrected chi connectivity index (χ1v) is 0.928. The molecule has 0 aliphatic heterocycles. The van der Waals surface area contributed by atoms with E-state index in [1.54, 1.807) is 0 Å². The second-order valence-corrected chi connectivity index (χ2v) is 0.519. The number of hydrogen-bond donors (Lipinski definition) is 1. The number of carboxylic acids is 1. The van der Waals surface area contributed by atoms with Crippen LogP contribution in [0.5, 0.6) is 0 Å². The van der Waals surface area contributed by atoms with Crippen LogP contribution in [0.25, 0.3) is 0 Å². The molecule has 0 aromatic carbocycles. The van der Waals surface area contributed by atoms with Crippen LogP contribution in [0, 0.1) is 48.9 Å². The molecule has 0 saturated carbocycles. The summed E-state index contributed by atoms with van der Waals surface area (Å²) in [6, 6.07) is 0. The van der Waals surface area contributed by atoms with Crippen molar-refractivity contribution < 1.29 is 58.8 Å². The molecule has 2 nitrogen and oxygen atoms in total. The average molecular weight is 191 g/mol. The molecule has 1 N–H and O–H groups in total. The van der Waals surface area contributed by atoms with Crippen molar-refractivity contribution in [2.45, 2.75) is 6.92 Å². The van der Waals surface area contributed by atoms with Crippen LogP contribution in [0.3, 0.4) is 0 Å². The molecule has 0 atom stereocenters. The maximum Gasteiger partial charge on any atom is 0.300 e. The number of aliphatic carboxylic acids is 1. The molecule has 0 aliphatic rings. The van der Waals surface area contributed by atoms with Gasteiger partial charge in [0, 0.05) is 55.8 Å². The molecule has 0 heterocycles. The first-order chi connectivity index (χ1) is 1.73. The van der Waals surface area contributed by atoms with Gasteiger partial charge in [-0.15, -0.1) is 0 Å². The van der Waals surface area contributed by atoms with Gasteiger partial charge in [0.25, 0.3) is 5.97 Å². The molecule has 0 radical (unpaired) electrons. The van der Waals surface area contributed by atoms with Crippen LogP contribution >= 0.6 is 0 Å². The minimum absolute atomic E-state index is 0. The molecule has 3 heteroatoms. The quantitative estimate of drug-likeness (QED) is 0.589. The number of carboxylic acid groups (broad SMARTS) is 1. The van der Waals surface area contributed by atoms with E-state index in [1.165, 1.54) is 0 Å². The predicted octanol–water partition coefficient (Wildman–Crippen LogP) is 0.0909. The maximum atomic E-state index is 9.00. The second-order valence-electron chi connectivity index (χ2n) is 0.519. The van der Waals surface area contributed by atoms with E-state index >= 15 is 0 Å². The van der Waals surface area contributed by atoms with E-state index in [-0.39, 0.29) is 48.9 Å². The summed E-state index contributed by atoms with van der Waals surface area (Å²) in [5, 5.41) is 7.42. The van der Waals surface area contributed by atoms with E-state index in [0.717, 1.165) is 6.92 Å². The van der Waals surface area contributed by atoms with Crippen molar-refractivity contribution in [1.82, 2.24) is 0 Å². The Balaban J connectivity index is 0. The zero-order valence-electron chi connectivity index (χ0n) is 2.71. The normalized spacial score (nSPS) is 5.00. The first-order valence-electron chi connectivity index (χ1n) is 0.928. The Bertz CT molecular complexity index is 30.6. The fourth-order valence-corrected chi connectivity index (χ4v) is 0. The Morgan fingerprint density at radius 3 is 1.80 bits per heavy atom. The Kier molecular flexibility index (Phi) is 9.48. The van der Waals surface area contributed by atoms with E-state index in [4.69, 9.17) is 9.90 Å². The van der Waals surface area contributed by atoms with Crippen molar-refractivity contribution in [3.63, 3.8) is 0 Å². The van der Waals surface area contributed by atoms with E-state index in [2.05, 4.69) is 0 Å². The Morgan fingerprint density at radius 2 is 1.80 bits per heavy atom. The molecule has 32 valence electrons. The van der Waals surface area contributed by atoms with Gasteiger partial charge in [0.05, 0.1) is 0 Å². The third kappa shape index (κ3) is 43.0. The van der Waals surface area contributed by atoms with Crippen molar-refractivity contribution in [3.05, 3.63) is 0 Å². The summed E-state index contributed by atoms with van der Waals surface area (Å²) in [6.07, 6.45) is 0. The smallest absolute Gasteiger partial charge is 0.300 e. The van der Waals surface area contributed by atoms with Gasteiger partial charge in [-0.05, 0) is 0 Å². The SMILES string of the molecule is CC(=O)O.[Xe]. The summed E-state index contributed by atoms with van der Waals surface area (Å²) in [5.41, 5.74) is 0. The molecule has 0 aromatic heterocycles. The van der Waals surface area contributed by atoms with Crippen LogP contribution in [0.4, 0.5) is 0 Å². The summed E-state index contributed by atoms with van der Waals surface area (Å²) in [5.74, 6) is -0.833. The van der Waals surface area contributed by atoms with Crippen molar-refractivity contribution in [1.29, 1.82) is 0 Å². The van der Waals surface area contributed by atoms with Gasteiger partial charge in [0.1, 0.15) is 0 Å². The molecular formula is C2H4O2Xe. The maximum absolute atomic E-state index is 9.00. The fourth-order valence-electron chi connectivity index (χ4n) is 0. The topological polar surface area (TPSA) is 37.3 Å². The van der Waals surface area contributed by atoms with Gasteiger partial charge in [0.2, 0.25) is 0 Å². The monoisotopic (exact) mass is 192 g/mol. The molecule has 0 amide bonds. The molecule has 0 unspecified atom stereocenters. The molecule has 0 aliphatic carbocycles.